The smallest absolute Gasteiger partial charge is 0.0108 e. The minimum Gasteiger partial charge on any atom is -0.330 e. The van der Waals surface area contributed by atoms with Gasteiger partial charge in [-0.15, -0.1) is 0 Å². The summed E-state index contributed by atoms with van der Waals surface area (Å²) in [5.41, 5.74) is 5.78. The third-order valence-electron chi connectivity index (χ3n) is 4.63. The van der Waals surface area contributed by atoms with E-state index in [4.69, 9.17) is 5.73 Å². The first-order chi connectivity index (χ1) is 8.20. The Morgan fingerprint density at radius 1 is 1.12 bits per heavy atom. The molecule has 0 bridgehead atoms. The van der Waals surface area contributed by atoms with Crippen LogP contribution in [0.15, 0.2) is 0 Å². The highest BCUT2D eigenvalue weighted by molar-refractivity contribution is 4.84. The lowest BCUT2D eigenvalue weighted by molar-refractivity contribution is 0.197. The van der Waals surface area contributed by atoms with E-state index >= 15 is 0 Å². The van der Waals surface area contributed by atoms with Gasteiger partial charge in [0.25, 0.3) is 0 Å². The van der Waals surface area contributed by atoms with E-state index in [-0.39, 0.29) is 0 Å². The Bertz CT molecular complexity index is 230. The number of nitrogens with two attached hydrogens (primary N) is 1. The highest BCUT2D eigenvalue weighted by Crippen LogP contribution is 2.24. The molecule has 0 saturated carbocycles. The van der Waals surface area contributed by atoms with E-state index in [1.807, 2.05) is 0 Å². The molecule has 0 amide bonds. The molecular formula is C14H29N3. The molecule has 0 aliphatic carbocycles. The predicted molar refractivity (Wildman–Crippen MR) is 73.1 cm³/mol. The largest absolute Gasteiger partial charge is 0.330 e. The van der Waals surface area contributed by atoms with Crippen LogP contribution in [-0.2, 0) is 0 Å². The molecular weight excluding hydrogens is 210 g/mol. The fourth-order valence-electron chi connectivity index (χ4n) is 3.37. The van der Waals surface area contributed by atoms with Crippen molar-refractivity contribution >= 4 is 0 Å². The summed E-state index contributed by atoms with van der Waals surface area (Å²) in [4.78, 5) is 5.35. The molecule has 2 saturated heterocycles. The molecule has 2 atom stereocenters. The normalized spacial score (nSPS) is 33.2. The van der Waals surface area contributed by atoms with Gasteiger partial charge in [0.1, 0.15) is 0 Å². The van der Waals surface area contributed by atoms with Gasteiger partial charge in [0, 0.05) is 18.6 Å². The van der Waals surface area contributed by atoms with Gasteiger partial charge in [0.05, 0.1) is 0 Å². The van der Waals surface area contributed by atoms with Crippen molar-refractivity contribution in [2.45, 2.75) is 51.6 Å². The van der Waals surface area contributed by atoms with Gasteiger partial charge in [-0.2, -0.15) is 0 Å². The Labute approximate surface area is 106 Å². The molecule has 2 heterocycles. The quantitative estimate of drug-likeness (QED) is 0.811. The molecule has 17 heavy (non-hydrogen) atoms. The second kappa shape index (κ2) is 6.17. The Morgan fingerprint density at radius 2 is 1.94 bits per heavy atom. The van der Waals surface area contributed by atoms with E-state index < -0.39 is 0 Å². The van der Waals surface area contributed by atoms with Crippen molar-refractivity contribution in [1.29, 1.82) is 0 Å². The van der Waals surface area contributed by atoms with Crippen LogP contribution in [0.1, 0.15) is 39.5 Å². The van der Waals surface area contributed by atoms with Crippen molar-refractivity contribution in [3.8, 4) is 0 Å². The zero-order chi connectivity index (χ0) is 12.3. The fraction of sp³-hybridized carbons (Fsp3) is 1.00. The fourth-order valence-corrected chi connectivity index (χ4v) is 3.37. The molecule has 0 aromatic heterocycles. The molecule has 0 aromatic rings. The Kier molecular flexibility index (Phi) is 4.83. The number of hydrogen-bond acceptors (Lipinski definition) is 3. The van der Waals surface area contributed by atoms with Gasteiger partial charge in [0.15, 0.2) is 0 Å². The standard InChI is InChI=1S/C14H29N3/c1-12(2)16-7-3-4-14(6-9-16)17-8-5-13(10-15)11-17/h12-14H,3-11,15H2,1-2H3. The van der Waals surface area contributed by atoms with E-state index in [0.717, 1.165) is 18.5 Å². The molecule has 0 aromatic carbocycles. The summed E-state index contributed by atoms with van der Waals surface area (Å²) in [6, 6.07) is 1.54. The monoisotopic (exact) mass is 239 g/mol. The van der Waals surface area contributed by atoms with E-state index in [9.17, 15) is 0 Å². The lowest BCUT2D eigenvalue weighted by atomic mass is 10.1. The highest BCUT2D eigenvalue weighted by Gasteiger charge is 2.29. The molecule has 2 aliphatic rings. The van der Waals surface area contributed by atoms with Crippen molar-refractivity contribution in [2.24, 2.45) is 11.7 Å². The zero-order valence-corrected chi connectivity index (χ0v) is 11.6. The molecule has 3 heteroatoms. The Morgan fingerprint density at radius 3 is 2.59 bits per heavy atom. The molecule has 0 spiro atoms. The Balaban J connectivity index is 1.82. The SMILES string of the molecule is CC(C)N1CCCC(N2CCC(CN)C2)CC1. The summed E-state index contributed by atoms with van der Waals surface area (Å²) in [7, 11) is 0. The van der Waals surface area contributed by atoms with Crippen LogP contribution in [0.5, 0.6) is 0 Å². The predicted octanol–water partition coefficient (Wildman–Crippen LogP) is 1.53. The third-order valence-corrected chi connectivity index (χ3v) is 4.63. The summed E-state index contributed by atoms with van der Waals surface area (Å²) in [6.07, 6.45) is 5.43. The lowest BCUT2D eigenvalue weighted by Crippen LogP contribution is -2.36. The average molecular weight is 239 g/mol. The van der Waals surface area contributed by atoms with E-state index in [2.05, 4.69) is 23.6 Å². The molecule has 2 N–H and O–H groups in total. The van der Waals surface area contributed by atoms with Gasteiger partial charge in [0.2, 0.25) is 0 Å². The van der Waals surface area contributed by atoms with Gasteiger partial charge < -0.3 is 15.5 Å². The first-order valence-corrected chi connectivity index (χ1v) is 7.39. The van der Waals surface area contributed by atoms with Crippen LogP contribution in [0.3, 0.4) is 0 Å². The summed E-state index contributed by atoms with van der Waals surface area (Å²) < 4.78 is 0. The molecule has 2 fully saturated rings. The van der Waals surface area contributed by atoms with Gasteiger partial charge in [-0.05, 0) is 71.6 Å². The van der Waals surface area contributed by atoms with Crippen LogP contribution < -0.4 is 5.73 Å². The molecule has 100 valence electrons. The average Bonchev–Trinajstić information content (AvgIpc) is 2.65. The second-order valence-corrected chi connectivity index (χ2v) is 6.10. The first kappa shape index (κ1) is 13.3. The van der Waals surface area contributed by atoms with E-state index in [1.54, 1.807) is 0 Å². The van der Waals surface area contributed by atoms with E-state index in [1.165, 1.54) is 51.9 Å². The second-order valence-electron chi connectivity index (χ2n) is 6.10. The molecule has 3 nitrogen and oxygen atoms in total. The van der Waals surface area contributed by atoms with Crippen molar-refractivity contribution in [3.63, 3.8) is 0 Å². The van der Waals surface area contributed by atoms with Crippen LogP contribution in [0.2, 0.25) is 0 Å². The molecule has 2 aliphatic heterocycles. The van der Waals surface area contributed by atoms with Crippen LogP contribution in [0.4, 0.5) is 0 Å². The van der Waals surface area contributed by atoms with Crippen molar-refractivity contribution in [1.82, 2.24) is 9.80 Å². The molecule has 2 unspecified atom stereocenters. The van der Waals surface area contributed by atoms with Gasteiger partial charge in [-0.3, -0.25) is 0 Å². The summed E-state index contributed by atoms with van der Waals surface area (Å²) in [5.74, 6) is 0.763. The molecule has 2 rings (SSSR count). The minimum atomic E-state index is 0.712. The summed E-state index contributed by atoms with van der Waals surface area (Å²) in [6.45, 7) is 10.6. The maximum absolute atomic E-state index is 5.78. The molecule has 0 radical (unpaired) electrons. The van der Waals surface area contributed by atoms with Crippen LogP contribution >= 0.6 is 0 Å². The van der Waals surface area contributed by atoms with E-state index in [0.29, 0.717) is 6.04 Å². The highest BCUT2D eigenvalue weighted by atomic mass is 15.2. The number of likely N-dealkylation sites (tertiary alicyclic amines) is 2. The van der Waals surface area contributed by atoms with Gasteiger partial charge in [-0.1, -0.05) is 0 Å². The number of nitrogens with zero attached hydrogens (tertiary/aromatic N) is 2. The number of hydrogen-bond donors (Lipinski definition) is 1. The first-order valence-electron chi connectivity index (χ1n) is 7.39. The van der Waals surface area contributed by atoms with Crippen molar-refractivity contribution in [2.75, 3.05) is 32.7 Å². The van der Waals surface area contributed by atoms with Gasteiger partial charge >= 0.3 is 0 Å². The lowest BCUT2D eigenvalue weighted by Gasteiger charge is -2.28. The maximum atomic E-state index is 5.78. The Hall–Kier alpha value is -0.120. The minimum absolute atomic E-state index is 0.712. The van der Waals surface area contributed by atoms with Gasteiger partial charge in [-0.25, -0.2) is 0 Å². The maximum Gasteiger partial charge on any atom is 0.0108 e. The number of rotatable bonds is 3. The van der Waals surface area contributed by atoms with Crippen LogP contribution in [-0.4, -0.2) is 54.6 Å². The van der Waals surface area contributed by atoms with Crippen LogP contribution in [0.25, 0.3) is 0 Å². The summed E-state index contributed by atoms with van der Waals surface area (Å²) in [5, 5.41) is 0. The van der Waals surface area contributed by atoms with Crippen molar-refractivity contribution in [3.05, 3.63) is 0 Å². The summed E-state index contributed by atoms with van der Waals surface area (Å²) >= 11 is 0. The zero-order valence-electron chi connectivity index (χ0n) is 11.6. The third kappa shape index (κ3) is 3.43. The van der Waals surface area contributed by atoms with Crippen LogP contribution in [0, 0.1) is 5.92 Å². The topological polar surface area (TPSA) is 32.5 Å². The van der Waals surface area contributed by atoms with Crippen molar-refractivity contribution < 1.29 is 0 Å².